The Morgan fingerprint density at radius 3 is 2.59 bits per heavy atom. The van der Waals surface area contributed by atoms with Crippen molar-refractivity contribution in [3.05, 3.63) is 93.8 Å². The minimum Gasteiger partial charge on any atom is -0.349 e. The maximum Gasteiger partial charge on any atom is 0.416 e. The molecule has 0 aliphatic heterocycles. The topological polar surface area (TPSA) is 79.8 Å². The average Bonchev–Trinajstić information content (AvgIpc) is 3.24. The first kappa shape index (κ1) is 24.6. The lowest BCUT2D eigenvalue weighted by Gasteiger charge is -2.15. The molecule has 0 radical (unpaired) electrons. The van der Waals surface area contributed by atoms with Crippen molar-refractivity contribution in [3.63, 3.8) is 0 Å². The van der Waals surface area contributed by atoms with Crippen molar-refractivity contribution in [1.29, 1.82) is 0 Å². The Morgan fingerprint density at radius 1 is 1.05 bits per heavy atom. The predicted octanol–water partition coefficient (Wildman–Crippen LogP) is 6.23. The van der Waals surface area contributed by atoms with Crippen LogP contribution in [0.4, 0.5) is 18.9 Å². The van der Waals surface area contributed by atoms with Gasteiger partial charge in [-0.3, -0.25) is 14.2 Å². The van der Waals surface area contributed by atoms with Gasteiger partial charge in [0, 0.05) is 16.6 Å². The lowest BCUT2D eigenvalue weighted by atomic mass is 10.1. The summed E-state index contributed by atoms with van der Waals surface area (Å²) in [5, 5.41) is 3.58. The van der Waals surface area contributed by atoms with E-state index in [-0.39, 0.29) is 17.0 Å². The third-order valence-corrected chi connectivity index (χ3v) is 7.06. The summed E-state index contributed by atoms with van der Waals surface area (Å²) in [6.45, 7) is 3.84. The SMILES string of the molecule is Cc1cccc(-n2c(SCC(=O)Nc3cccc(C(F)(F)F)c3)nc3c([nH]c4ccccc43)c2=O)c1C. The van der Waals surface area contributed by atoms with Crippen LogP contribution >= 0.6 is 11.8 Å². The first-order valence-electron chi connectivity index (χ1n) is 11.3. The Hall–Kier alpha value is -4.05. The smallest absolute Gasteiger partial charge is 0.349 e. The maximum atomic E-state index is 13.7. The molecule has 1 amide bonds. The number of benzene rings is 3. The maximum absolute atomic E-state index is 13.7. The van der Waals surface area contributed by atoms with E-state index in [1.54, 1.807) is 0 Å². The van der Waals surface area contributed by atoms with Crippen molar-refractivity contribution in [3.8, 4) is 5.69 Å². The van der Waals surface area contributed by atoms with Crippen LogP contribution in [0.5, 0.6) is 0 Å². The van der Waals surface area contributed by atoms with Gasteiger partial charge in [-0.25, -0.2) is 4.98 Å². The minimum atomic E-state index is -4.52. The van der Waals surface area contributed by atoms with Crippen LogP contribution in [0.1, 0.15) is 16.7 Å². The fourth-order valence-corrected chi connectivity index (χ4v) is 4.93. The lowest BCUT2D eigenvalue weighted by molar-refractivity contribution is -0.137. The van der Waals surface area contributed by atoms with E-state index in [2.05, 4.69) is 10.3 Å². The molecule has 37 heavy (non-hydrogen) atoms. The number of amides is 1. The van der Waals surface area contributed by atoms with Crippen molar-refractivity contribution in [2.24, 2.45) is 0 Å². The zero-order valence-corrected chi connectivity index (χ0v) is 20.6. The van der Waals surface area contributed by atoms with Gasteiger partial charge in [0.25, 0.3) is 5.56 Å². The molecule has 0 aliphatic rings. The largest absolute Gasteiger partial charge is 0.416 e. The zero-order chi connectivity index (χ0) is 26.3. The van der Waals surface area contributed by atoms with Crippen molar-refractivity contribution in [1.82, 2.24) is 14.5 Å². The van der Waals surface area contributed by atoms with E-state index in [1.807, 2.05) is 56.3 Å². The molecule has 0 bridgehead atoms. The van der Waals surface area contributed by atoms with Crippen LogP contribution in [0.3, 0.4) is 0 Å². The van der Waals surface area contributed by atoms with Crippen LogP contribution in [0, 0.1) is 13.8 Å². The fourth-order valence-electron chi connectivity index (χ4n) is 4.13. The van der Waals surface area contributed by atoms with Crippen LogP contribution in [0.15, 0.2) is 76.7 Å². The zero-order valence-electron chi connectivity index (χ0n) is 19.8. The molecule has 0 saturated heterocycles. The summed E-state index contributed by atoms with van der Waals surface area (Å²) in [6.07, 6.45) is -4.52. The Labute approximate surface area is 213 Å². The number of thioether (sulfide) groups is 1. The second-order valence-electron chi connectivity index (χ2n) is 8.56. The molecular formula is C27H21F3N4O2S. The number of rotatable bonds is 5. The van der Waals surface area contributed by atoms with E-state index < -0.39 is 17.6 Å². The molecule has 0 saturated carbocycles. The predicted molar refractivity (Wildman–Crippen MR) is 139 cm³/mol. The summed E-state index contributed by atoms with van der Waals surface area (Å²) in [5.41, 5.74) is 2.98. The molecule has 0 spiro atoms. The summed E-state index contributed by atoms with van der Waals surface area (Å²) >= 11 is 1.04. The second kappa shape index (κ2) is 9.44. The Morgan fingerprint density at radius 2 is 1.81 bits per heavy atom. The van der Waals surface area contributed by atoms with Gasteiger partial charge in [0.2, 0.25) is 5.91 Å². The fraction of sp³-hybridized carbons (Fsp3) is 0.148. The highest BCUT2D eigenvalue weighted by Gasteiger charge is 2.30. The van der Waals surface area contributed by atoms with Gasteiger partial charge < -0.3 is 10.3 Å². The number of alkyl halides is 3. The highest BCUT2D eigenvalue weighted by Crippen LogP contribution is 2.31. The monoisotopic (exact) mass is 522 g/mol. The third kappa shape index (κ3) is 4.72. The summed E-state index contributed by atoms with van der Waals surface area (Å²) in [6, 6.07) is 17.5. The van der Waals surface area contributed by atoms with E-state index in [9.17, 15) is 22.8 Å². The number of aryl methyl sites for hydroxylation is 1. The van der Waals surface area contributed by atoms with E-state index in [0.717, 1.165) is 45.9 Å². The van der Waals surface area contributed by atoms with Crippen LogP contribution in [-0.4, -0.2) is 26.2 Å². The molecule has 2 aromatic heterocycles. The van der Waals surface area contributed by atoms with E-state index >= 15 is 0 Å². The number of para-hydroxylation sites is 1. The first-order valence-corrected chi connectivity index (χ1v) is 12.3. The van der Waals surface area contributed by atoms with Crippen LogP contribution in [0.2, 0.25) is 0 Å². The quantitative estimate of drug-likeness (QED) is 0.212. The number of H-pyrrole nitrogens is 1. The number of aromatic nitrogens is 3. The molecule has 188 valence electrons. The van der Waals surface area contributed by atoms with Crippen LogP contribution < -0.4 is 10.9 Å². The summed E-state index contributed by atoms with van der Waals surface area (Å²) < 4.78 is 40.6. The van der Waals surface area contributed by atoms with Crippen molar-refractivity contribution in [2.75, 3.05) is 11.1 Å². The number of aromatic amines is 1. The second-order valence-corrected chi connectivity index (χ2v) is 9.51. The van der Waals surface area contributed by atoms with E-state index in [4.69, 9.17) is 4.98 Å². The molecule has 6 nitrogen and oxygen atoms in total. The number of nitrogens with zero attached hydrogens (tertiary/aromatic N) is 2. The number of carbonyl (C=O) groups excluding carboxylic acids is 1. The Balaban J connectivity index is 1.54. The highest BCUT2D eigenvalue weighted by atomic mass is 32.2. The van der Waals surface area contributed by atoms with Gasteiger partial charge in [-0.15, -0.1) is 0 Å². The normalized spacial score (nSPS) is 11.8. The number of hydrogen-bond acceptors (Lipinski definition) is 4. The summed E-state index contributed by atoms with van der Waals surface area (Å²) in [7, 11) is 0. The van der Waals surface area contributed by atoms with Crippen LogP contribution in [0.25, 0.3) is 27.6 Å². The molecule has 3 aromatic carbocycles. The number of anilines is 1. The van der Waals surface area contributed by atoms with Crippen molar-refractivity contribution >= 4 is 45.3 Å². The third-order valence-electron chi connectivity index (χ3n) is 6.12. The Bertz CT molecular complexity index is 1720. The molecule has 2 heterocycles. The van der Waals surface area contributed by atoms with Gasteiger partial charge >= 0.3 is 6.18 Å². The first-order chi connectivity index (χ1) is 17.6. The molecule has 0 aliphatic carbocycles. The molecular weight excluding hydrogens is 501 g/mol. The number of carbonyl (C=O) groups is 1. The molecule has 5 aromatic rings. The molecule has 5 rings (SSSR count). The average molecular weight is 523 g/mol. The van der Waals surface area contributed by atoms with Gasteiger partial charge in [-0.1, -0.05) is 48.2 Å². The van der Waals surface area contributed by atoms with Gasteiger partial charge in [-0.05, 0) is 55.3 Å². The van der Waals surface area contributed by atoms with Gasteiger partial charge in [0.05, 0.1) is 17.0 Å². The summed E-state index contributed by atoms with van der Waals surface area (Å²) in [4.78, 5) is 34.3. The Kier molecular flexibility index (Phi) is 6.28. The van der Waals surface area contributed by atoms with Crippen molar-refractivity contribution in [2.45, 2.75) is 25.2 Å². The number of hydrogen-bond donors (Lipinski definition) is 2. The van der Waals surface area contributed by atoms with Crippen molar-refractivity contribution < 1.29 is 18.0 Å². The van der Waals surface area contributed by atoms with Gasteiger partial charge in [0.15, 0.2) is 5.16 Å². The molecule has 0 unspecified atom stereocenters. The number of nitrogens with one attached hydrogen (secondary N) is 2. The van der Waals surface area contributed by atoms with Crippen LogP contribution in [-0.2, 0) is 11.0 Å². The van der Waals surface area contributed by atoms with E-state index in [1.165, 1.54) is 16.7 Å². The minimum absolute atomic E-state index is 0.0346. The van der Waals surface area contributed by atoms with E-state index in [0.29, 0.717) is 21.9 Å². The summed E-state index contributed by atoms with van der Waals surface area (Å²) in [5.74, 6) is -0.688. The molecule has 0 atom stereocenters. The van der Waals surface area contributed by atoms with Gasteiger partial charge in [0.1, 0.15) is 11.0 Å². The lowest BCUT2D eigenvalue weighted by Crippen LogP contribution is -2.23. The number of fused-ring (bicyclic) bond motifs is 3. The highest BCUT2D eigenvalue weighted by molar-refractivity contribution is 7.99. The molecule has 2 N–H and O–H groups in total. The van der Waals surface area contributed by atoms with Gasteiger partial charge in [-0.2, -0.15) is 13.2 Å². The molecule has 10 heteroatoms. The number of halogens is 3. The standard InChI is InChI=1S/C27H21F3N4O2S/c1-15-7-5-12-21(16(15)2)34-25(36)24-23(19-10-3-4-11-20(19)32-24)33-26(34)37-14-22(35)31-18-9-6-8-17(13-18)27(28,29)30/h3-13,32H,14H2,1-2H3,(H,31,35). The molecule has 0 fully saturated rings.